The van der Waals surface area contributed by atoms with Crippen LogP contribution in [0, 0.1) is 5.92 Å². The average Bonchev–Trinajstić information content (AvgIpc) is 2.85. The Morgan fingerprint density at radius 2 is 2.19 bits per heavy atom. The Balaban J connectivity index is 1.77. The molecule has 0 spiro atoms. The first-order valence-corrected chi connectivity index (χ1v) is 7.51. The Kier molecular flexibility index (Phi) is 3.92. The molecule has 0 bridgehead atoms. The highest BCUT2D eigenvalue weighted by Gasteiger charge is 2.23. The van der Waals surface area contributed by atoms with Crippen molar-refractivity contribution >= 4 is 5.69 Å². The molecule has 1 aromatic carbocycles. The topological polar surface area (TPSA) is 68.2 Å². The number of para-hydroxylation sites is 1. The number of aromatic nitrogens is 2. The number of nitrogens with two attached hydrogens (primary N) is 1. The molecule has 0 radical (unpaired) electrons. The Morgan fingerprint density at radius 1 is 1.38 bits per heavy atom. The molecule has 2 N–H and O–H groups in total. The second-order valence-corrected chi connectivity index (χ2v) is 6.18. The molecule has 1 aromatic heterocycles. The Morgan fingerprint density at radius 3 is 3.00 bits per heavy atom. The maximum Gasteiger partial charge on any atom is 0.226 e. The van der Waals surface area contributed by atoms with Crippen LogP contribution >= 0.6 is 0 Å². The van der Waals surface area contributed by atoms with Crippen molar-refractivity contribution in [3.8, 4) is 0 Å². The van der Waals surface area contributed by atoms with E-state index in [4.69, 9.17) is 10.3 Å². The molecule has 0 aliphatic carbocycles. The van der Waals surface area contributed by atoms with Crippen molar-refractivity contribution < 1.29 is 4.52 Å². The lowest BCUT2D eigenvalue weighted by Crippen LogP contribution is -2.43. The second kappa shape index (κ2) is 5.85. The summed E-state index contributed by atoms with van der Waals surface area (Å²) in [6, 6.07) is 8.55. The van der Waals surface area contributed by atoms with Gasteiger partial charge in [0.25, 0.3) is 0 Å². The minimum Gasteiger partial charge on any atom is -0.362 e. The van der Waals surface area contributed by atoms with Crippen LogP contribution in [0.5, 0.6) is 0 Å². The lowest BCUT2D eigenvalue weighted by molar-refractivity contribution is 0.358. The van der Waals surface area contributed by atoms with Crippen molar-refractivity contribution in [1.29, 1.82) is 0 Å². The van der Waals surface area contributed by atoms with Gasteiger partial charge in [0, 0.05) is 24.7 Å². The molecule has 0 saturated carbocycles. The number of nitrogens with zero attached hydrogens (tertiary/aromatic N) is 3. The zero-order valence-corrected chi connectivity index (χ0v) is 12.6. The van der Waals surface area contributed by atoms with Gasteiger partial charge in [0.2, 0.25) is 5.89 Å². The first-order valence-electron chi connectivity index (χ1n) is 7.51. The monoisotopic (exact) mass is 286 g/mol. The van der Waals surface area contributed by atoms with Crippen molar-refractivity contribution in [3.05, 3.63) is 41.5 Å². The average molecular weight is 286 g/mol. The number of anilines is 1. The fourth-order valence-electron chi connectivity index (χ4n) is 2.83. The molecule has 3 rings (SSSR count). The van der Waals surface area contributed by atoms with Crippen LogP contribution < -0.4 is 10.6 Å². The molecule has 2 aromatic rings. The van der Waals surface area contributed by atoms with E-state index in [1.807, 2.05) is 0 Å². The first-order chi connectivity index (χ1) is 10.1. The highest BCUT2D eigenvalue weighted by molar-refractivity contribution is 5.56. The van der Waals surface area contributed by atoms with Crippen molar-refractivity contribution in [2.24, 2.45) is 11.7 Å². The molecule has 5 nitrogen and oxygen atoms in total. The van der Waals surface area contributed by atoms with Gasteiger partial charge >= 0.3 is 0 Å². The fraction of sp³-hybridized carbons (Fsp3) is 0.500. The van der Waals surface area contributed by atoms with E-state index < -0.39 is 0 Å². The molecule has 112 valence electrons. The molecule has 5 heteroatoms. The van der Waals surface area contributed by atoms with Crippen LogP contribution in [0.15, 0.2) is 28.8 Å². The van der Waals surface area contributed by atoms with E-state index in [2.05, 4.69) is 53.2 Å². The van der Waals surface area contributed by atoms with Gasteiger partial charge in [-0.3, -0.25) is 0 Å². The summed E-state index contributed by atoms with van der Waals surface area (Å²) in [5, 5.41) is 4.09. The predicted octanol–water partition coefficient (Wildman–Crippen LogP) is 2.16. The summed E-state index contributed by atoms with van der Waals surface area (Å²) in [7, 11) is 0. The van der Waals surface area contributed by atoms with E-state index in [1.165, 1.54) is 11.3 Å². The van der Waals surface area contributed by atoms with E-state index in [1.54, 1.807) is 0 Å². The smallest absolute Gasteiger partial charge is 0.226 e. The van der Waals surface area contributed by atoms with E-state index in [9.17, 15) is 0 Å². The molecule has 2 heterocycles. The molecule has 1 aliphatic heterocycles. The molecule has 0 amide bonds. The Bertz CT molecular complexity index is 608. The van der Waals surface area contributed by atoms with Crippen molar-refractivity contribution in [1.82, 2.24) is 10.1 Å². The Labute approximate surface area is 125 Å². The van der Waals surface area contributed by atoms with Crippen LogP contribution in [0.4, 0.5) is 5.69 Å². The number of rotatable bonds is 4. The van der Waals surface area contributed by atoms with Gasteiger partial charge in [0.05, 0.1) is 6.54 Å². The van der Waals surface area contributed by atoms with Crippen LogP contribution in [0.25, 0.3) is 0 Å². The van der Waals surface area contributed by atoms with E-state index >= 15 is 0 Å². The zero-order chi connectivity index (χ0) is 14.8. The summed E-state index contributed by atoms with van der Waals surface area (Å²) in [5.74, 6) is 1.96. The van der Waals surface area contributed by atoms with Gasteiger partial charge < -0.3 is 15.2 Å². The zero-order valence-electron chi connectivity index (χ0n) is 12.6. The SMILES string of the molecule is CC(C)Cc1nc(CN2CC(N)Cc3ccccc32)no1. The summed E-state index contributed by atoms with van der Waals surface area (Å²) in [5.41, 5.74) is 8.68. The summed E-state index contributed by atoms with van der Waals surface area (Å²) >= 11 is 0. The maximum absolute atomic E-state index is 6.16. The molecule has 21 heavy (non-hydrogen) atoms. The third-order valence-electron chi connectivity index (χ3n) is 3.69. The summed E-state index contributed by atoms with van der Waals surface area (Å²) < 4.78 is 5.31. The fourth-order valence-corrected chi connectivity index (χ4v) is 2.83. The summed E-state index contributed by atoms with van der Waals surface area (Å²) in [6.07, 6.45) is 1.75. The van der Waals surface area contributed by atoms with Crippen LogP contribution in [0.3, 0.4) is 0 Å². The van der Waals surface area contributed by atoms with Gasteiger partial charge in [-0.15, -0.1) is 0 Å². The van der Waals surface area contributed by atoms with Crippen molar-refractivity contribution in [2.75, 3.05) is 11.4 Å². The summed E-state index contributed by atoms with van der Waals surface area (Å²) in [6.45, 7) is 5.75. The maximum atomic E-state index is 6.16. The quantitative estimate of drug-likeness (QED) is 0.932. The minimum absolute atomic E-state index is 0.155. The molecular weight excluding hydrogens is 264 g/mol. The minimum atomic E-state index is 0.155. The Hall–Kier alpha value is -1.88. The molecule has 0 fully saturated rings. The van der Waals surface area contributed by atoms with Gasteiger partial charge in [-0.05, 0) is 24.0 Å². The van der Waals surface area contributed by atoms with Crippen molar-refractivity contribution in [2.45, 2.75) is 39.3 Å². The largest absolute Gasteiger partial charge is 0.362 e. The third kappa shape index (κ3) is 3.24. The van der Waals surface area contributed by atoms with Crippen LogP contribution in [0.2, 0.25) is 0 Å². The van der Waals surface area contributed by atoms with E-state index in [0.717, 1.165) is 31.1 Å². The molecule has 1 unspecified atom stereocenters. The lowest BCUT2D eigenvalue weighted by Gasteiger charge is -2.33. The lowest BCUT2D eigenvalue weighted by atomic mass is 9.98. The highest BCUT2D eigenvalue weighted by Crippen LogP contribution is 2.27. The molecule has 1 aliphatic rings. The van der Waals surface area contributed by atoms with Gasteiger partial charge in [-0.2, -0.15) is 4.98 Å². The standard InChI is InChI=1S/C16H22N4O/c1-11(2)7-16-18-15(19-21-16)10-20-9-13(17)8-12-5-3-4-6-14(12)20/h3-6,11,13H,7-10,17H2,1-2H3. The van der Waals surface area contributed by atoms with Gasteiger partial charge in [-0.25, -0.2) is 0 Å². The number of fused-ring (bicyclic) bond motifs is 1. The van der Waals surface area contributed by atoms with Gasteiger partial charge in [0.15, 0.2) is 5.82 Å². The van der Waals surface area contributed by atoms with Crippen LogP contribution in [-0.4, -0.2) is 22.7 Å². The highest BCUT2D eigenvalue weighted by atomic mass is 16.5. The predicted molar refractivity (Wildman–Crippen MR) is 82.0 cm³/mol. The summed E-state index contributed by atoms with van der Waals surface area (Å²) in [4.78, 5) is 6.73. The number of hydrogen-bond acceptors (Lipinski definition) is 5. The van der Waals surface area contributed by atoms with Gasteiger partial charge in [0.1, 0.15) is 0 Å². The van der Waals surface area contributed by atoms with Crippen LogP contribution in [-0.2, 0) is 19.4 Å². The molecule has 0 saturated heterocycles. The van der Waals surface area contributed by atoms with Gasteiger partial charge in [-0.1, -0.05) is 37.2 Å². The third-order valence-corrected chi connectivity index (χ3v) is 3.69. The molecular formula is C16H22N4O. The number of hydrogen-bond donors (Lipinski definition) is 1. The van der Waals surface area contributed by atoms with Crippen molar-refractivity contribution in [3.63, 3.8) is 0 Å². The molecule has 1 atom stereocenters. The van der Waals surface area contributed by atoms with E-state index in [0.29, 0.717) is 12.5 Å². The second-order valence-electron chi connectivity index (χ2n) is 6.18. The van der Waals surface area contributed by atoms with E-state index in [-0.39, 0.29) is 6.04 Å². The first kappa shape index (κ1) is 14.1. The normalized spacial score (nSPS) is 18.1. The number of benzene rings is 1. The van der Waals surface area contributed by atoms with Crippen LogP contribution in [0.1, 0.15) is 31.1 Å².